The van der Waals surface area contributed by atoms with Gasteiger partial charge in [-0.05, 0) is 43.2 Å². The van der Waals surface area contributed by atoms with Gasteiger partial charge >= 0.3 is 0 Å². The highest BCUT2D eigenvalue weighted by molar-refractivity contribution is 6.30. The predicted molar refractivity (Wildman–Crippen MR) is 110 cm³/mol. The molecule has 0 aliphatic heterocycles. The molecule has 0 radical (unpaired) electrons. The smallest absolute Gasteiger partial charge is 0.247 e. The molecule has 3 heterocycles. The molecule has 140 valence electrons. The molecule has 3 aromatic heterocycles. The minimum atomic E-state index is -0.234. The summed E-state index contributed by atoms with van der Waals surface area (Å²) in [5.74, 6) is 0.206. The molecule has 1 amide bonds. The molecule has 0 spiro atoms. The summed E-state index contributed by atoms with van der Waals surface area (Å²) in [7, 11) is 0. The van der Waals surface area contributed by atoms with Crippen molar-refractivity contribution in [2.75, 3.05) is 5.32 Å². The van der Waals surface area contributed by atoms with Gasteiger partial charge in [-0.15, -0.1) is 0 Å². The van der Waals surface area contributed by atoms with Gasteiger partial charge in [-0.25, -0.2) is 14.6 Å². The first-order chi connectivity index (χ1) is 13.5. The van der Waals surface area contributed by atoms with Crippen LogP contribution in [0.2, 0.25) is 5.02 Å². The summed E-state index contributed by atoms with van der Waals surface area (Å²) < 4.78 is 1.62. The summed E-state index contributed by atoms with van der Waals surface area (Å²) >= 11 is 5.82. The van der Waals surface area contributed by atoms with E-state index in [0.29, 0.717) is 16.5 Å². The number of anilines is 1. The maximum Gasteiger partial charge on any atom is 0.247 e. The lowest BCUT2D eigenvalue weighted by Gasteiger charge is -2.07. The first kappa shape index (κ1) is 18.1. The number of halogens is 1. The maximum atomic E-state index is 12.4. The van der Waals surface area contributed by atoms with E-state index in [4.69, 9.17) is 11.6 Å². The van der Waals surface area contributed by atoms with Crippen LogP contribution in [-0.4, -0.2) is 25.7 Å². The second-order valence-corrected chi connectivity index (χ2v) is 7.01. The van der Waals surface area contributed by atoms with E-state index in [0.717, 1.165) is 22.2 Å². The van der Waals surface area contributed by atoms with Gasteiger partial charge in [0, 0.05) is 17.8 Å². The van der Waals surface area contributed by atoms with Gasteiger partial charge in [-0.2, -0.15) is 5.10 Å². The number of aryl methyl sites for hydroxylation is 2. The number of amides is 1. The largest absolute Gasteiger partial charge is 0.309 e. The second kappa shape index (κ2) is 7.40. The highest BCUT2D eigenvalue weighted by atomic mass is 35.5. The highest BCUT2D eigenvalue weighted by Crippen LogP contribution is 2.30. The number of fused-ring (bicyclic) bond motifs is 1. The van der Waals surface area contributed by atoms with Crippen molar-refractivity contribution in [1.82, 2.24) is 19.7 Å². The standard InChI is InChI=1S/C21H18ClN5O/c1-13-3-5-15(6-4-13)17-9-10-23-21-20(17)14(2)26-27(21)12-19(28)25-18-8-7-16(22)11-24-18/h3-11H,12H2,1-2H3,(H,24,25,28). The summed E-state index contributed by atoms with van der Waals surface area (Å²) in [6, 6.07) is 13.6. The Kier molecular flexibility index (Phi) is 4.79. The van der Waals surface area contributed by atoms with E-state index in [9.17, 15) is 4.79 Å². The molecule has 0 aliphatic rings. The van der Waals surface area contributed by atoms with Crippen LogP contribution < -0.4 is 5.32 Å². The molecule has 0 unspecified atom stereocenters. The monoisotopic (exact) mass is 391 g/mol. The topological polar surface area (TPSA) is 72.7 Å². The summed E-state index contributed by atoms with van der Waals surface area (Å²) in [5.41, 5.74) is 4.85. The molecule has 4 aromatic rings. The molecule has 1 N–H and O–H groups in total. The van der Waals surface area contributed by atoms with Crippen LogP contribution in [0.1, 0.15) is 11.3 Å². The van der Waals surface area contributed by atoms with Gasteiger partial charge in [-0.3, -0.25) is 4.79 Å². The van der Waals surface area contributed by atoms with Crippen LogP contribution in [-0.2, 0) is 11.3 Å². The van der Waals surface area contributed by atoms with E-state index in [2.05, 4.69) is 51.6 Å². The third kappa shape index (κ3) is 3.59. The van der Waals surface area contributed by atoms with Crippen molar-refractivity contribution in [2.24, 2.45) is 0 Å². The van der Waals surface area contributed by atoms with E-state index in [-0.39, 0.29) is 12.5 Å². The first-order valence-electron chi connectivity index (χ1n) is 8.82. The second-order valence-electron chi connectivity index (χ2n) is 6.58. The van der Waals surface area contributed by atoms with E-state index in [1.54, 1.807) is 23.0 Å². The van der Waals surface area contributed by atoms with E-state index in [1.165, 1.54) is 11.8 Å². The van der Waals surface area contributed by atoms with Crippen molar-refractivity contribution in [2.45, 2.75) is 20.4 Å². The highest BCUT2D eigenvalue weighted by Gasteiger charge is 2.16. The fourth-order valence-corrected chi connectivity index (χ4v) is 3.25. The van der Waals surface area contributed by atoms with E-state index < -0.39 is 0 Å². The number of hydrogen-bond donors (Lipinski definition) is 1. The van der Waals surface area contributed by atoms with Crippen LogP contribution in [0.3, 0.4) is 0 Å². The van der Waals surface area contributed by atoms with Gasteiger partial charge in [0.15, 0.2) is 5.65 Å². The molecule has 28 heavy (non-hydrogen) atoms. The summed E-state index contributed by atoms with van der Waals surface area (Å²) in [6.45, 7) is 4.03. The van der Waals surface area contributed by atoms with Crippen molar-refractivity contribution < 1.29 is 4.79 Å². The normalized spacial score (nSPS) is 11.0. The van der Waals surface area contributed by atoms with Gasteiger partial charge in [0.1, 0.15) is 12.4 Å². The van der Waals surface area contributed by atoms with Gasteiger partial charge in [0.2, 0.25) is 5.91 Å². The van der Waals surface area contributed by atoms with Crippen molar-refractivity contribution in [3.05, 3.63) is 71.1 Å². The van der Waals surface area contributed by atoms with Crippen LogP contribution >= 0.6 is 11.6 Å². The molecular weight excluding hydrogens is 374 g/mol. The number of carbonyl (C=O) groups excluding carboxylic acids is 1. The van der Waals surface area contributed by atoms with Crippen LogP contribution in [0.4, 0.5) is 5.82 Å². The third-order valence-corrected chi connectivity index (χ3v) is 4.68. The van der Waals surface area contributed by atoms with Gasteiger partial charge < -0.3 is 5.32 Å². The summed E-state index contributed by atoms with van der Waals surface area (Å²) in [4.78, 5) is 21.0. The maximum absolute atomic E-state index is 12.4. The Morgan fingerprint density at radius 3 is 2.57 bits per heavy atom. The molecule has 0 bridgehead atoms. The van der Waals surface area contributed by atoms with Crippen LogP contribution in [0, 0.1) is 13.8 Å². The molecule has 0 fully saturated rings. The van der Waals surface area contributed by atoms with Crippen LogP contribution in [0.25, 0.3) is 22.2 Å². The van der Waals surface area contributed by atoms with E-state index in [1.807, 2.05) is 13.0 Å². The van der Waals surface area contributed by atoms with E-state index >= 15 is 0 Å². The average Bonchev–Trinajstić information content (AvgIpc) is 3.00. The van der Waals surface area contributed by atoms with Crippen molar-refractivity contribution in [3.63, 3.8) is 0 Å². The van der Waals surface area contributed by atoms with Crippen LogP contribution in [0.5, 0.6) is 0 Å². The fourth-order valence-electron chi connectivity index (χ4n) is 3.13. The Bertz CT molecular complexity index is 1150. The number of rotatable bonds is 4. The van der Waals surface area contributed by atoms with Crippen molar-refractivity contribution in [1.29, 1.82) is 0 Å². The Morgan fingerprint density at radius 2 is 1.86 bits per heavy atom. The third-order valence-electron chi connectivity index (χ3n) is 4.46. The molecule has 4 rings (SSSR count). The van der Waals surface area contributed by atoms with Crippen molar-refractivity contribution in [3.8, 4) is 11.1 Å². The lowest BCUT2D eigenvalue weighted by atomic mass is 10.0. The van der Waals surface area contributed by atoms with Gasteiger partial charge in [0.25, 0.3) is 0 Å². The first-order valence-corrected chi connectivity index (χ1v) is 9.19. The Hall–Kier alpha value is -3.25. The SMILES string of the molecule is Cc1ccc(-c2ccnc3c2c(C)nn3CC(=O)Nc2ccc(Cl)cn2)cc1. The number of carbonyl (C=O) groups is 1. The Labute approximate surface area is 167 Å². The number of hydrogen-bond acceptors (Lipinski definition) is 4. The molecule has 1 aromatic carbocycles. The van der Waals surface area contributed by atoms with Gasteiger partial charge in [0.05, 0.1) is 10.7 Å². The number of nitrogens with zero attached hydrogens (tertiary/aromatic N) is 4. The number of pyridine rings is 2. The number of aromatic nitrogens is 4. The quantitative estimate of drug-likeness (QED) is 0.559. The molecule has 0 saturated carbocycles. The Morgan fingerprint density at radius 1 is 1.07 bits per heavy atom. The summed E-state index contributed by atoms with van der Waals surface area (Å²) in [5, 5.41) is 8.75. The number of benzene rings is 1. The molecular formula is C21H18ClN5O. The minimum absolute atomic E-state index is 0.0407. The lowest BCUT2D eigenvalue weighted by molar-refractivity contribution is -0.116. The molecule has 0 aliphatic carbocycles. The van der Waals surface area contributed by atoms with Crippen molar-refractivity contribution >= 4 is 34.4 Å². The number of nitrogens with one attached hydrogen (secondary N) is 1. The summed E-state index contributed by atoms with van der Waals surface area (Å²) in [6.07, 6.45) is 3.23. The van der Waals surface area contributed by atoms with Crippen LogP contribution in [0.15, 0.2) is 54.9 Å². The lowest BCUT2D eigenvalue weighted by Crippen LogP contribution is -2.20. The Balaban J connectivity index is 1.65. The predicted octanol–water partition coefficient (Wildman–Crippen LogP) is 4.40. The average molecular weight is 392 g/mol. The zero-order valence-electron chi connectivity index (χ0n) is 15.5. The fraction of sp³-hybridized carbons (Fsp3) is 0.143. The minimum Gasteiger partial charge on any atom is -0.309 e. The molecule has 0 atom stereocenters. The zero-order chi connectivity index (χ0) is 19.7. The molecule has 6 nitrogen and oxygen atoms in total. The molecule has 0 saturated heterocycles. The zero-order valence-corrected chi connectivity index (χ0v) is 16.2. The van der Waals surface area contributed by atoms with Gasteiger partial charge in [-0.1, -0.05) is 41.4 Å². The molecule has 7 heteroatoms.